The van der Waals surface area contributed by atoms with Gasteiger partial charge in [-0.1, -0.05) is 29.7 Å². The number of carbonyl (C=O) groups excluding carboxylic acids is 1. The van der Waals surface area contributed by atoms with E-state index in [1.807, 2.05) is 6.92 Å². The first-order valence-electron chi connectivity index (χ1n) is 9.32. The molecule has 1 aliphatic rings. The molecule has 0 bridgehead atoms. The number of nitrogens with zero attached hydrogens (tertiary/aromatic N) is 2. The third-order valence-corrected chi connectivity index (χ3v) is 5.63. The first kappa shape index (κ1) is 22.1. The lowest BCUT2D eigenvalue weighted by Gasteiger charge is -2.30. The molecule has 1 aromatic heterocycles. The second-order valence-corrected chi connectivity index (χ2v) is 8.27. The second-order valence-electron chi connectivity index (χ2n) is 6.89. The molecule has 1 aliphatic heterocycles. The van der Waals surface area contributed by atoms with Crippen LogP contribution in [0.1, 0.15) is 35.0 Å². The van der Waals surface area contributed by atoms with Crippen LogP contribution >= 0.6 is 23.4 Å². The Hall–Kier alpha value is -2.56. The summed E-state index contributed by atoms with van der Waals surface area (Å²) >= 11 is 6.93. The molecule has 1 atom stereocenters. The minimum absolute atomic E-state index is 0.103. The zero-order valence-electron chi connectivity index (χ0n) is 16.5. The van der Waals surface area contributed by atoms with Crippen LogP contribution in [0.2, 0.25) is 0 Å². The number of rotatable bonds is 6. The molecule has 2 N–H and O–H groups in total. The van der Waals surface area contributed by atoms with Crippen LogP contribution < -0.4 is 10.5 Å². The highest BCUT2D eigenvalue weighted by Crippen LogP contribution is 2.36. The van der Waals surface area contributed by atoms with E-state index in [1.54, 1.807) is 24.3 Å². The van der Waals surface area contributed by atoms with E-state index in [9.17, 15) is 9.18 Å². The summed E-state index contributed by atoms with van der Waals surface area (Å²) in [4.78, 5) is 21.3. The summed E-state index contributed by atoms with van der Waals surface area (Å²) in [5.74, 6) is 6.44. The summed E-state index contributed by atoms with van der Waals surface area (Å²) in [6.45, 7) is 2.06. The molecular weight excluding hydrogens is 425 g/mol. The maximum atomic E-state index is 14.5. The lowest BCUT2D eigenvalue weighted by atomic mass is 9.87. The number of halogens is 2. The zero-order valence-corrected chi connectivity index (χ0v) is 18.0. The average molecular weight is 446 g/mol. The number of benzene rings is 1. The number of amidine groups is 1. The van der Waals surface area contributed by atoms with Gasteiger partial charge < -0.3 is 10.5 Å². The average Bonchev–Trinajstić information content (AvgIpc) is 2.73. The number of ketones is 1. The molecule has 0 unspecified atom stereocenters. The molecule has 0 spiro atoms. The SMILES string of the molecule is C[C@@]1(c2cc(CC(=O)c3ccc(OCC#CCCl)cn3)ccc2F)CCSC(N)=N1. The highest BCUT2D eigenvalue weighted by molar-refractivity contribution is 8.13. The summed E-state index contributed by atoms with van der Waals surface area (Å²) in [6.07, 6.45) is 2.25. The highest BCUT2D eigenvalue weighted by Gasteiger charge is 2.32. The van der Waals surface area contributed by atoms with Gasteiger partial charge in [0.25, 0.3) is 0 Å². The lowest BCUT2D eigenvalue weighted by Crippen LogP contribution is -2.29. The molecule has 0 saturated heterocycles. The van der Waals surface area contributed by atoms with Crippen molar-refractivity contribution in [2.75, 3.05) is 18.2 Å². The van der Waals surface area contributed by atoms with E-state index < -0.39 is 5.54 Å². The second kappa shape index (κ2) is 9.96. The van der Waals surface area contributed by atoms with E-state index in [0.717, 1.165) is 5.75 Å². The molecule has 30 heavy (non-hydrogen) atoms. The van der Waals surface area contributed by atoms with Gasteiger partial charge in [-0.15, -0.1) is 11.6 Å². The number of alkyl halides is 1. The zero-order chi connectivity index (χ0) is 21.6. The van der Waals surface area contributed by atoms with E-state index in [-0.39, 0.29) is 30.5 Å². The highest BCUT2D eigenvalue weighted by atomic mass is 35.5. The number of Topliss-reactive ketones (excluding diaryl/α,β-unsaturated/α-hetero) is 1. The maximum Gasteiger partial charge on any atom is 0.185 e. The number of nitrogens with two attached hydrogens (primary N) is 1. The Labute approximate surface area is 184 Å². The minimum Gasteiger partial charge on any atom is -0.479 e. The van der Waals surface area contributed by atoms with Gasteiger partial charge in [0.1, 0.15) is 23.9 Å². The van der Waals surface area contributed by atoms with Gasteiger partial charge in [0.05, 0.1) is 17.6 Å². The molecule has 8 heteroatoms. The number of aromatic nitrogens is 1. The number of carbonyl (C=O) groups is 1. The molecule has 0 aliphatic carbocycles. The molecule has 0 amide bonds. The summed E-state index contributed by atoms with van der Waals surface area (Å²) < 4.78 is 19.9. The van der Waals surface area contributed by atoms with Crippen molar-refractivity contribution in [2.24, 2.45) is 10.7 Å². The molecule has 0 radical (unpaired) electrons. The van der Waals surface area contributed by atoms with Gasteiger partial charge >= 0.3 is 0 Å². The molecule has 0 fully saturated rings. The van der Waals surface area contributed by atoms with Crippen molar-refractivity contribution >= 4 is 34.3 Å². The van der Waals surface area contributed by atoms with Crippen LogP contribution in [0.15, 0.2) is 41.5 Å². The van der Waals surface area contributed by atoms with Crippen molar-refractivity contribution in [3.05, 3.63) is 59.2 Å². The molecule has 5 nitrogen and oxygen atoms in total. The molecule has 0 saturated carbocycles. The fourth-order valence-electron chi connectivity index (χ4n) is 3.10. The van der Waals surface area contributed by atoms with Gasteiger partial charge in [0, 0.05) is 17.7 Å². The third kappa shape index (κ3) is 5.53. The Bertz CT molecular complexity index is 1020. The number of hydrogen-bond donors (Lipinski definition) is 1. The van der Waals surface area contributed by atoms with Crippen molar-refractivity contribution in [3.63, 3.8) is 0 Å². The van der Waals surface area contributed by atoms with Crippen LogP contribution in [-0.4, -0.2) is 34.2 Å². The van der Waals surface area contributed by atoms with Gasteiger partial charge in [-0.05, 0) is 43.2 Å². The summed E-state index contributed by atoms with van der Waals surface area (Å²) in [7, 11) is 0. The minimum atomic E-state index is -0.734. The molecule has 156 valence electrons. The molecule has 2 aromatic rings. The molecular formula is C22H21ClFN3O2S. The van der Waals surface area contributed by atoms with Gasteiger partial charge in [-0.25, -0.2) is 9.37 Å². The van der Waals surface area contributed by atoms with Crippen LogP contribution in [0.4, 0.5) is 4.39 Å². The number of thioether (sulfide) groups is 1. The van der Waals surface area contributed by atoms with Gasteiger partial charge in [-0.2, -0.15) is 0 Å². The number of pyridine rings is 1. The van der Waals surface area contributed by atoms with Gasteiger partial charge in [0.2, 0.25) is 0 Å². The monoisotopic (exact) mass is 445 g/mol. The predicted molar refractivity (Wildman–Crippen MR) is 119 cm³/mol. The quantitative estimate of drug-likeness (QED) is 0.414. The number of aliphatic imine (C=N–C) groups is 1. The standard InChI is InChI=1S/C22H21ClFN3O2S/c1-22(8-11-30-21(25)27-22)17-12-15(4-6-18(17)24)13-20(28)19-7-5-16(14-26-19)29-10-3-2-9-23/h4-7,12,14H,8-11,13H2,1H3,(H2,25,27)/t22-/m0/s1. The maximum absolute atomic E-state index is 14.5. The smallest absolute Gasteiger partial charge is 0.185 e. The van der Waals surface area contributed by atoms with Crippen molar-refractivity contribution in [2.45, 2.75) is 25.3 Å². The topological polar surface area (TPSA) is 77.6 Å². The molecule has 3 rings (SSSR count). The Kier molecular flexibility index (Phi) is 7.35. The van der Waals surface area contributed by atoms with Crippen LogP contribution in [0.3, 0.4) is 0 Å². The summed E-state index contributed by atoms with van der Waals surface area (Å²) in [5, 5.41) is 0.449. The first-order chi connectivity index (χ1) is 14.4. The molecule has 2 heterocycles. The van der Waals surface area contributed by atoms with E-state index in [0.29, 0.717) is 34.2 Å². The van der Waals surface area contributed by atoms with Crippen molar-refractivity contribution in [1.82, 2.24) is 4.98 Å². The van der Waals surface area contributed by atoms with Crippen LogP contribution in [0.25, 0.3) is 0 Å². The van der Waals surface area contributed by atoms with Crippen LogP contribution in [0.5, 0.6) is 5.75 Å². The lowest BCUT2D eigenvalue weighted by molar-refractivity contribution is 0.0988. The van der Waals surface area contributed by atoms with E-state index in [1.165, 1.54) is 24.0 Å². The fraction of sp³-hybridized carbons (Fsp3) is 0.318. The fourth-order valence-corrected chi connectivity index (χ4v) is 4.17. The van der Waals surface area contributed by atoms with E-state index >= 15 is 0 Å². The Morgan fingerprint density at radius 3 is 2.90 bits per heavy atom. The Morgan fingerprint density at radius 2 is 2.20 bits per heavy atom. The Morgan fingerprint density at radius 1 is 1.37 bits per heavy atom. The number of hydrogen-bond acceptors (Lipinski definition) is 6. The normalized spacial score (nSPS) is 18.2. The van der Waals surface area contributed by atoms with E-state index in [4.69, 9.17) is 22.1 Å². The largest absolute Gasteiger partial charge is 0.479 e. The predicted octanol–water partition coefficient (Wildman–Crippen LogP) is 3.93. The Balaban J connectivity index is 1.72. The number of ether oxygens (including phenoxy) is 1. The molecule has 1 aromatic carbocycles. The first-order valence-corrected chi connectivity index (χ1v) is 10.8. The summed E-state index contributed by atoms with van der Waals surface area (Å²) in [5.41, 5.74) is 6.58. The van der Waals surface area contributed by atoms with Crippen molar-refractivity contribution < 1.29 is 13.9 Å². The van der Waals surface area contributed by atoms with Crippen molar-refractivity contribution in [3.8, 4) is 17.6 Å². The van der Waals surface area contributed by atoms with Crippen LogP contribution in [0, 0.1) is 17.7 Å². The van der Waals surface area contributed by atoms with Crippen molar-refractivity contribution in [1.29, 1.82) is 0 Å². The van der Waals surface area contributed by atoms with Gasteiger partial charge in [-0.3, -0.25) is 9.79 Å². The van der Waals surface area contributed by atoms with Crippen LogP contribution in [-0.2, 0) is 12.0 Å². The summed E-state index contributed by atoms with van der Waals surface area (Å²) in [6, 6.07) is 7.95. The van der Waals surface area contributed by atoms with E-state index in [2.05, 4.69) is 21.8 Å². The van der Waals surface area contributed by atoms with Gasteiger partial charge in [0.15, 0.2) is 11.0 Å². The third-order valence-electron chi connectivity index (χ3n) is 4.70.